The van der Waals surface area contributed by atoms with Gasteiger partial charge >= 0.3 is 12.1 Å². The van der Waals surface area contributed by atoms with Crippen LogP contribution >= 0.6 is 0 Å². The van der Waals surface area contributed by atoms with Crippen LogP contribution in [0.25, 0.3) is 0 Å². The second-order valence-electron chi connectivity index (χ2n) is 5.46. The Morgan fingerprint density at radius 2 is 1.81 bits per heavy atom. The van der Waals surface area contributed by atoms with Crippen LogP contribution in [0.4, 0.5) is 18.9 Å². The number of anilines is 1. The molecule has 27 heavy (non-hydrogen) atoms. The first-order valence-corrected chi connectivity index (χ1v) is 7.68. The maximum Gasteiger partial charge on any atom is 0.418 e. The fourth-order valence-corrected chi connectivity index (χ4v) is 2.16. The molecule has 0 aliphatic rings. The topological polar surface area (TPSA) is 84.9 Å². The van der Waals surface area contributed by atoms with Crippen LogP contribution in [-0.4, -0.2) is 30.2 Å². The number of halogens is 3. The predicted molar refractivity (Wildman–Crippen MR) is 89.6 cm³/mol. The molecule has 1 amide bonds. The number of esters is 1. The Balaban J connectivity index is 2.10. The van der Waals surface area contributed by atoms with E-state index in [0.29, 0.717) is 5.75 Å². The summed E-state index contributed by atoms with van der Waals surface area (Å²) in [5.74, 6) is -2.08. The van der Waals surface area contributed by atoms with Gasteiger partial charge in [0.05, 0.1) is 18.4 Å². The van der Waals surface area contributed by atoms with E-state index in [4.69, 9.17) is 9.47 Å². The molecule has 6 nitrogen and oxygen atoms in total. The van der Waals surface area contributed by atoms with E-state index in [1.165, 1.54) is 44.4 Å². The van der Waals surface area contributed by atoms with Crippen molar-refractivity contribution in [2.75, 3.05) is 12.4 Å². The Morgan fingerprint density at radius 3 is 2.41 bits per heavy atom. The van der Waals surface area contributed by atoms with E-state index in [-0.39, 0.29) is 5.56 Å². The number of carbonyl (C=O) groups is 2. The summed E-state index contributed by atoms with van der Waals surface area (Å²) in [6.07, 6.45) is -6.06. The monoisotopic (exact) mass is 383 g/mol. The SMILES string of the molecule is COc1ccc(C(=O)O[C@@H](C)C(=O)Nc2ccccc2C(F)(F)F)c(O)c1. The number of alkyl halides is 3. The maximum atomic E-state index is 13.0. The summed E-state index contributed by atoms with van der Waals surface area (Å²) < 4.78 is 48.7. The number of nitrogens with one attached hydrogen (secondary N) is 1. The largest absolute Gasteiger partial charge is 0.507 e. The van der Waals surface area contributed by atoms with Gasteiger partial charge in [0.15, 0.2) is 6.10 Å². The van der Waals surface area contributed by atoms with Crippen LogP contribution in [0.2, 0.25) is 0 Å². The summed E-state index contributed by atoms with van der Waals surface area (Å²) in [5.41, 5.74) is -1.69. The van der Waals surface area contributed by atoms with Gasteiger partial charge in [-0.2, -0.15) is 13.2 Å². The van der Waals surface area contributed by atoms with E-state index in [1.54, 1.807) is 0 Å². The molecule has 0 aliphatic heterocycles. The highest BCUT2D eigenvalue weighted by Gasteiger charge is 2.34. The summed E-state index contributed by atoms with van der Waals surface area (Å²) in [7, 11) is 1.37. The highest BCUT2D eigenvalue weighted by Crippen LogP contribution is 2.34. The van der Waals surface area contributed by atoms with Crippen LogP contribution in [0.15, 0.2) is 42.5 Å². The minimum atomic E-state index is -4.65. The zero-order valence-electron chi connectivity index (χ0n) is 14.3. The molecule has 144 valence electrons. The van der Waals surface area contributed by atoms with Gasteiger partial charge in [-0.1, -0.05) is 12.1 Å². The number of benzene rings is 2. The maximum absolute atomic E-state index is 13.0. The number of phenolic OH excluding ortho intramolecular Hbond substituents is 1. The smallest absolute Gasteiger partial charge is 0.418 e. The number of aromatic hydroxyl groups is 1. The predicted octanol–water partition coefficient (Wildman–Crippen LogP) is 3.60. The number of phenols is 1. The third kappa shape index (κ3) is 4.90. The molecule has 0 aliphatic carbocycles. The molecule has 1 atom stereocenters. The van der Waals surface area contributed by atoms with Crippen LogP contribution < -0.4 is 10.1 Å². The Labute approximate surface area is 152 Å². The van der Waals surface area contributed by atoms with Crippen molar-refractivity contribution in [2.24, 2.45) is 0 Å². The van der Waals surface area contributed by atoms with Crippen molar-refractivity contribution < 1.29 is 37.3 Å². The van der Waals surface area contributed by atoms with Crippen LogP contribution in [0.3, 0.4) is 0 Å². The van der Waals surface area contributed by atoms with E-state index in [0.717, 1.165) is 12.1 Å². The van der Waals surface area contributed by atoms with Crippen LogP contribution in [-0.2, 0) is 15.7 Å². The molecule has 0 bridgehead atoms. The van der Waals surface area contributed by atoms with Crippen LogP contribution in [0.5, 0.6) is 11.5 Å². The highest BCUT2D eigenvalue weighted by molar-refractivity contribution is 5.98. The van der Waals surface area contributed by atoms with Crippen LogP contribution in [0.1, 0.15) is 22.8 Å². The average molecular weight is 383 g/mol. The van der Waals surface area contributed by atoms with Crippen molar-refractivity contribution >= 4 is 17.6 Å². The molecule has 9 heteroatoms. The Hall–Kier alpha value is -3.23. The fraction of sp³-hybridized carbons (Fsp3) is 0.222. The summed E-state index contributed by atoms with van der Waals surface area (Å²) in [6.45, 7) is 1.20. The zero-order valence-corrected chi connectivity index (χ0v) is 14.3. The van der Waals surface area contributed by atoms with E-state index in [9.17, 15) is 27.9 Å². The van der Waals surface area contributed by atoms with Gasteiger partial charge in [0.1, 0.15) is 17.1 Å². The van der Waals surface area contributed by atoms with Gasteiger partial charge in [0.2, 0.25) is 0 Å². The molecule has 2 N–H and O–H groups in total. The molecule has 0 saturated carbocycles. The first-order valence-electron chi connectivity index (χ1n) is 7.68. The number of rotatable bonds is 5. The van der Waals surface area contributed by atoms with Gasteiger partial charge < -0.3 is 19.9 Å². The van der Waals surface area contributed by atoms with Crippen molar-refractivity contribution in [3.05, 3.63) is 53.6 Å². The lowest BCUT2D eigenvalue weighted by Crippen LogP contribution is -2.30. The van der Waals surface area contributed by atoms with Gasteiger partial charge in [0, 0.05) is 6.07 Å². The van der Waals surface area contributed by atoms with Gasteiger partial charge in [-0.25, -0.2) is 4.79 Å². The van der Waals surface area contributed by atoms with Crippen molar-refractivity contribution in [3.8, 4) is 11.5 Å². The third-order valence-electron chi connectivity index (χ3n) is 3.57. The van der Waals surface area contributed by atoms with Crippen LogP contribution in [0, 0.1) is 0 Å². The highest BCUT2D eigenvalue weighted by atomic mass is 19.4. The van der Waals surface area contributed by atoms with Gasteiger partial charge in [0.25, 0.3) is 5.91 Å². The lowest BCUT2D eigenvalue weighted by molar-refractivity contribution is -0.137. The second kappa shape index (κ2) is 7.98. The molecule has 2 aromatic carbocycles. The van der Waals surface area contributed by atoms with E-state index in [2.05, 4.69) is 5.32 Å². The molecule has 2 rings (SSSR count). The molecule has 0 fully saturated rings. The summed E-state index contributed by atoms with van der Waals surface area (Å²) >= 11 is 0. The standard InChI is InChI=1S/C18H16F3NO5/c1-10(27-17(25)12-8-7-11(26-2)9-15(12)23)16(24)22-14-6-4-3-5-13(14)18(19,20)21/h3-10,23H,1-2H3,(H,22,24)/t10-/m0/s1. The van der Waals surface area contributed by atoms with Crippen molar-refractivity contribution in [1.29, 1.82) is 0 Å². The number of amides is 1. The normalized spacial score (nSPS) is 12.2. The first kappa shape index (κ1) is 20.1. The van der Waals surface area contributed by atoms with Crippen molar-refractivity contribution in [3.63, 3.8) is 0 Å². The molecule has 0 heterocycles. The quantitative estimate of drug-likeness (QED) is 0.771. The molecule has 0 aromatic heterocycles. The van der Waals surface area contributed by atoms with E-state index < -0.39 is 41.2 Å². The molecule has 0 spiro atoms. The second-order valence-corrected chi connectivity index (χ2v) is 5.46. The van der Waals surface area contributed by atoms with Crippen molar-refractivity contribution in [2.45, 2.75) is 19.2 Å². The number of methoxy groups -OCH3 is 1. The number of carbonyl (C=O) groups excluding carboxylic acids is 2. The minimum Gasteiger partial charge on any atom is -0.507 e. The molecule has 0 radical (unpaired) electrons. The third-order valence-corrected chi connectivity index (χ3v) is 3.57. The fourth-order valence-electron chi connectivity index (χ4n) is 2.16. The average Bonchev–Trinajstić information content (AvgIpc) is 2.60. The molecular weight excluding hydrogens is 367 g/mol. The summed E-state index contributed by atoms with van der Waals surface area (Å²) in [5, 5.41) is 11.9. The van der Waals surface area contributed by atoms with Gasteiger partial charge in [-0.3, -0.25) is 4.79 Å². The minimum absolute atomic E-state index is 0.217. The van der Waals surface area contributed by atoms with E-state index >= 15 is 0 Å². The number of hydrogen-bond donors (Lipinski definition) is 2. The zero-order chi connectivity index (χ0) is 20.2. The molecule has 0 unspecified atom stereocenters. The van der Waals surface area contributed by atoms with E-state index in [1.807, 2.05) is 0 Å². The van der Waals surface area contributed by atoms with Crippen molar-refractivity contribution in [1.82, 2.24) is 0 Å². The molecule has 0 saturated heterocycles. The van der Waals surface area contributed by atoms with Gasteiger partial charge in [-0.15, -0.1) is 0 Å². The summed E-state index contributed by atoms with van der Waals surface area (Å²) in [6, 6.07) is 8.25. The number of para-hydroxylation sites is 1. The lowest BCUT2D eigenvalue weighted by atomic mass is 10.1. The molecular formula is C18H16F3NO5. The lowest BCUT2D eigenvalue weighted by Gasteiger charge is -2.17. The Morgan fingerprint density at radius 1 is 1.15 bits per heavy atom. The Bertz CT molecular complexity index is 851. The van der Waals surface area contributed by atoms with Gasteiger partial charge in [-0.05, 0) is 31.2 Å². The number of hydrogen-bond acceptors (Lipinski definition) is 5. The summed E-state index contributed by atoms with van der Waals surface area (Å²) in [4.78, 5) is 24.2. The molecule has 2 aromatic rings. The number of ether oxygens (including phenoxy) is 2. The first-order chi connectivity index (χ1) is 12.6. The Kier molecular flexibility index (Phi) is 5.94.